The third-order valence-corrected chi connectivity index (χ3v) is 6.20. The van der Waals surface area contributed by atoms with Crippen LogP contribution in [0.5, 0.6) is 0 Å². The van der Waals surface area contributed by atoms with Gasteiger partial charge < -0.3 is 4.42 Å². The number of halogens is 1. The molecule has 6 rings (SSSR count). The number of furan rings is 1. The first-order valence-electron chi connectivity index (χ1n) is 11.6. The van der Waals surface area contributed by atoms with Crippen LogP contribution in [-0.2, 0) is 0 Å². The van der Waals surface area contributed by atoms with Crippen LogP contribution in [0.15, 0.2) is 113 Å². The number of anilines is 1. The number of rotatable bonds is 5. The summed E-state index contributed by atoms with van der Waals surface area (Å²) in [4.78, 5) is 0. The Bertz CT molecular complexity index is 1490. The van der Waals surface area contributed by atoms with Crippen LogP contribution in [-0.4, -0.2) is 15.5 Å². The highest BCUT2D eigenvalue weighted by Crippen LogP contribution is 2.41. The monoisotopic (exact) mass is 462 g/mol. The van der Waals surface area contributed by atoms with Crippen LogP contribution in [0.3, 0.4) is 0 Å². The SMILES string of the molecule is Cc1ccc(-c2nn(-c3ccccc3)cc2C2CC(c3ccc(F)cc3)=NN2c2ccccc2)o1. The molecule has 1 atom stereocenters. The van der Waals surface area contributed by atoms with Crippen LogP contribution < -0.4 is 5.01 Å². The molecule has 6 heteroatoms. The maximum atomic E-state index is 13.6. The lowest BCUT2D eigenvalue weighted by Gasteiger charge is -2.23. The summed E-state index contributed by atoms with van der Waals surface area (Å²) in [6.45, 7) is 1.93. The highest BCUT2D eigenvalue weighted by molar-refractivity contribution is 6.03. The maximum absolute atomic E-state index is 13.6. The van der Waals surface area contributed by atoms with Crippen molar-refractivity contribution in [1.29, 1.82) is 0 Å². The summed E-state index contributed by atoms with van der Waals surface area (Å²) in [5.74, 6) is 1.29. The van der Waals surface area contributed by atoms with Crippen molar-refractivity contribution in [1.82, 2.24) is 9.78 Å². The van der Waals surface area contributed by atoms with E-state index in [0.29, 0.717) is 6.42 Å². The molecule has 5 aromatic rings. The highest BCUT2D eigenvalue weighted by atomic mass is 19.1. The smallest absolute Gasteiger partial charge is 0.154 e. The zero-order chi connectivity index (χ0) is 23.8. The van der Waals surface area contributed by atoms with E-state index in [2.05, 4.69) is 6.20 Å². The molecule has 1 aliphatic heterocycles. The van der Waals surface area contributed by atoms with Crippen LogP contribution in [0.2, 0.25) is 0 Å². The lowest BCUT2D eigenvalue weighted by molar-refractivity contribution is 0.544. The Morgan fingerprint density at radius 1 is 0.829 bits per heavy atom. The van der Waals surface area contributed by atoms with Crippen molar-refractivity contribution >= 4 is 11.4 Å². The van der Waals surface area contributed by atoms with E-state index in [0.717, 1.165) is 45.4 Å². The van der Waals surface area contributed by atoms with Crippen molar-refractivity contribution in [3.63, 3.8) is 0 Å². The summed E-state index contributed by atoms with van der Waals surface area (Å²) in [6, 6.07) is 30.4. The van der Waals surface area contributed by atoms with Crippen molar-refractivity contribution in [3.8, 4) is 17.1 Å². The summed E-state index contributed by atoms with van der Waals surface area (Å²) in [7, 11) is 0. The number of hydrogen-bond donors (Lipinski definition) is 0. The number of benzene rings is 3. The number of nitrogens with zero attached hydrogens (tertiary/aromatic N) is 4. The van der Waals surface area contributed by atoms with E-state index in [4.69, 9.17) is 14.6 Å². The third kappa shape index (κ3) is 4.04. The van der Waals surface area contributed by atoms with Crippen LogP contribution in [0.4, 0.5) is 10.1 Å². The van der Waals surface area contributed by atoms with Gasteiger partial charge in [-0.1, -0.05) is 48.5 Å². The van der Waals surface area contributed by atoms with E-state index >= 15 is 0 Å². The fourth-order valence-electron chi connectivity index (χ4n) is 4.49. The molecule has 1 unspecified atom stereocenters. The molecule has 0 spiro atoms. The molecule has 0 fully saturated rings. The first kappa shape index (κ1) is 21.1. The van der Waals surface area contributed by atoms with Gasteiger partial charge in [0, 0.05) is 18.2 Å². The molecule has 35 heavy (non-hydrogen) atoms. The lowest BCUT2D eigenvalue weighted by atomic mass is 9.98. The first-order valence-corrected chi connectivity index (χ1v) is 11.6. The van der Waals surface area contributed by atoms with Gasteiger partial charge in [0.1, 0.15) is 17.3 Å². The van der Waals surface area contributed by atoms with Gasteiger partial charge in [-0.3, -0.25) is 5.01 Å². The molecule has 0 N–H and O–H groups in total. The number of aryl methyl sites for hydroxylation is 1. The second-order valence-electron chi connectivity index (χ2n) is 8.58. The zero-order valence-corrected chi connectivity index (χ0v) is 19.2. The lowest BCUT2D eigenvalue weighted by Crippen LogP contribution is -2.18. The van der Waals surface area contributed by atoms with E-state index in [9.17, 15) is 4.39 Å². The number of aromatic nitrogens is 2. The molecule has 0 aliphatic carbocycles. The van der Waals surface area contributed by atoms with Crippen LogP contribution in [0.25, 0.3) is 17.1 Å². The largest absolute Gasteiger partial charge is 0.460 e. The molecular formula is C29H23FN4O. The van der Waals surface area contributed by atoms with Gasteiger partial charge in [-0.05, 0) is 61.0 Å². The fourth-order valence-corrected chi connectivity index (χ4v) is 4.49. The van der Waals surface area contributed by atoms with Gasteiger partial charge in [0.05, 0.1) is 23.1 Å². The molecule has 5 nitrogen and oxygen atoms in total. The van der Waals surface area contributed by atoms with Crippen LogP contribution >= 0.6 is 0 Å². The number of para-hydroxylation sites is 2. The summed E-state index contributed by atoms with van der Waals surface area (Å²) in [5.41, 5.74) is 5.53. The molecule has 172 valence electrons. The molecule has 3 aromatic carbocycles. The Balaban J connectivity index is 1.49. The average molecular weight is 463 g/mol. The van der Waals surface area contributed by atoms with E-state index < -0.39 is 0 Å². The van der Waals surface area contributed by atoms with Crippen molar-refractivity contribution in [2.45, 2.75) is 19.4 Å². The predicted octanol–water partition coefficient (Wildman–Crippen LogP) is 6.94. The molecule has 3 heterocycles. The van der Waals surface area contributed by atoms with Crippen molar-refractivity contribution in [2.24, 2.45) is 5.10 Å². The summed E-state index contributed by atoms with van der Waals surface area (Å²) in [5, 5.41) is 12.0. The van der Waals surface area contributed by atoms with Crippen LogP contribution in [0.1, 0.15) is 29.3 Å². The Morgan fingerprint density at radius 2 is 1.51 bits per heavy atom. The van der Waals surface area contributed by atoms with E-state index in [1.54, 1.807) is 12.1 Å². The number of hydrazone groups is 1. The normalized spacial score (nSPS) is 15.4. The Labute approximate surface area is 202 Å². The minimum absolute atomic E-state index is 0.115. The van der Waals surface area contributed by atoms with E-state index in [1.165, 1.54) is 12.1 Å². The average Bonchev–Trinajstić information content (AvgIpc) is 3.63. The van der Waals surface area contributed by atoms with Crippen molar-refractivity contribution in [3.05, 3.63) is 126 Å². The third-order valence-electron chi connectivity index (χ3n) is 6.20. The predicted molar refractivity (Wildman–Crippen MR) is 135 cm³/mol. The maximum Gasteiger partial charge on any atom is 0.154 e. The van der Waals surface area contributed by atoms with Gasteiger partial charge in [0.15, 0.2) is 5.76 Å². The van der Waals surface area contributed by atoms with Gasteiger partial charge in [-0.25, -0.2) is 9.07 Å². The van der Waals surface area contributed by atoms with Gasteiger partial charge in [-0.15, -0.1) is 0 Å². The van der Waals surface area contributed by atoms with E-state index in [1.807, 2.05) is 89.4 Å². The molecule has 0 bridgehead atoms. The fraction of sp³-hybridized carbons (Fsp3) is 0.103. The van der Waals surface area contributed by atoms with Crippen molar-refractivity contribution in [2.75, 3.05) is 5.01 Å². The highest BCUT2D eigenvalue weighted by Gasteiger charge is 2.34. The standard InChI is InChI=1S/C29H23FN4O/c1-20-12-17-28(35-20)29-25(19-33(32-29)23-8-4-2-5-9-23)27-18-26(21-13-15-22(30)16-14-21)31-34(27)24-10-6-3-7-11-24/h2-17,19,27H,18H2,1H3. The molecular weight excluding hydrogens is 439 g/mol. The Hall–Kier alpha value is -4.45. The second-order valence-corrected chi connectivity index (χ2v) is 8.58. The van der Waals surface area contributed by atoms with Crippen molar-refractivity contribution < 1.29 is 8.81 Å². The van der Waals surface area contributed by atoms with Gasteiger partial charge in [0.2, 0.25) is 0 Å². The summed E-state index contributed by atoms with van der Waals surface area (Å²) in [6.07, 6.45) is 2.71. The second kappa shape index (κ2) is 8.72. The Kier molecular flexibility index (Phi) is 5.26. The minimum Gasteiger partial charge on any atom is -0.460 e. The zero-order valence-electron chi connectivity index (χ0n) is 19.2. The summed E-state index contributed by atoms with van der Waals surface area (Å²) < 4.78 is 21.5. The molecule has 0 radical (unpaired) electrons. The topological polar surface area (TPSA) is 46.6 Å². The molecule has 0 saturated heterocycles. The first-order chi connectivity index (χ1) is 17.2. The van der Waals surface area contributed by atoms with Crippen LogP contribution in [0, 0.1) is 12.7 Å². The molecule has 2 aromatic heterocycles. The molecule has 0 saturated carbocycles. The van der Waals surface area contributed by atoms with Gasteiger partial charge in [0.25, 0.3) is 0 Å². The molecule has 1 aliphatic rings. The number of hydrogen-bond acceptors (Lipinski definition) is 4. The summed E-state index contributed by atoms with van der Waals surface area (Å²) >= 11 is 0. The van der Waals surface area contributed by atoms with Gasteiger partial charge in [-0.2, -0.15) is 10.2 Å². The quantitative estimate of drug-likeness (QED) is 0.284. The molecule has 0 amide bonds. The Morgan fingerprint density at radius 3 is 2.17 bits per heavy atom. The minimum atomic E-state index is -0.261. The van der Waals surface area contributed by atoms with E-state index in [-0.39, 0.29) is 11.9 Å². The van der Waals surface area contributed by atoms with Gasteiger partial charge >= 0.3 is 0 Å².